The van der Waals surface area contributed by atoms with E-state index < -0.39 is 0 Å². The Morgan fingerprint density at radius 1 is 1.04 bits per heavy atom. The summed E-state index contributed by atoms with van der Waals surface area (Å²) in [7, 11) is 0. The SMILES string of the molecule is N#Cc1cc(Cl)c(-n2ncc(-c3nc(C#N)c(C#N)[nH]3)n2)c(Cl)c1. The van der Waals surface area contributed by atoms with Gasteiger partial charge in [-0.1, -0.05) is 23.2 Å². The lowest BCUT2D eigenvalue weighted by molar-refractivity contribution is 0.753. The van der Waals surface area contributed by atoms with Crippen molar-refractivity contribution in [3.8, 4) is 35.4 Å². The standard InChI is InChI=1S/C14H4Cl2N8/c15-8-1-7(3-17)2-9(16)13(8)24-20-6-12(23-24)14-21-10(4-18)11(5-19)22-14/h1-2,6H,(H,21,22). The Labute approximate surface area is 145 Å². The Hall–Kier alpha value is -3.38. The predicted octanol–water partition coefficient (Wildman–Crippen LogP) is 2.58. The molecule has 0 spiro atoms. The fraction of sp³-hybridized carbons (Fsp3) is 0. The summed E-state index contributed by atoms with van der Waals surface area (Å²) in [4.78, 5) is 7.86. The Morgan fingerprint density at radius 2 is 1.75 bits per heavy atom. The van der Waals surface area contributed by atoms with Crippen molar-refractivity contribution in [2.45, 2.75) is 0 Å². The van der Waals surface area contributed by atoms with Crippen LogP contribution in [-0.4, -0.2) is 25.0 Å². The second kappa shape index (κ2) is 6.02. The number of hydrogen-bond donors (Lipinski definition) is 1. The molecule has 0 bridgehead atoms. The Kier molecular flexibility index (Phi) is 3.89. The summed E-state index contributed by atoms with van der Waals surface area (Å²) in [6, 6.07) is 8.49. The molecule has 2 heterocycles. The van der Waals surface area contributed by atoms with E-state index in [0.717, 1.165) is 0 Å². The first kappa shape index (κ1) is 15.5. The van der Waals surface area contributed by atoms with E-state index in [9.17, 15) is 0 Å². The number of nitrogens with zero attached hydrogens (tertiary/aromatic N) is 7. The zero-order chi connectivity index (χ0) is 17.3. The number of aromatic amines is 1. The second-order valence-electron chi connectivity index (χ2n) is 4.45. The summed E-state index contributed by atoms with van der Waals surface area (Å²) in [5.74, 6) is 0.218. The van der Waals surface area contributed by atoms with Crippen molar-refractivity contribution in [1.82, 2.24) is 25.0 Å². The van der Waals surface area contributed by atoms with E-state index in [2.05, 4.69) is 20.2 Å². The molecule has 2 aromatic heterocycles. The second-order valence-corrected chi connectivity index (χ2v) is 5.27. The van der Waals surface area contributed by atoms with Crippen LogP contribution in [0.3, 0.4) is 0 Å². The van der Waals surface area contributed by atoms with Gasteiger partial charge in [0.05, 0.1) is 27.9 Å². The zero-order valence-electron chi connectivity index (χ0n) is 11.6. The molecule has 0 aliphatic rings. The van der Waals surface area contributed by atoms with E-state index in [1.54, 1.807) is 0 Å². The molecule has 0 radical (unpaired) electrons. The summed E-state index contributed by atoms with van der Waals surface area (Å²) in [6.45, 7) is 0. The molecule has 0 amide bonds. The lowest BCUT2D eigenvalue weighted by Gasteiger charge is -2.05. The Morgan fingerprint density at radius 3 is 2.29 bits per heavy atom. The molecular formula is C14H4Cl2N8. The van der Waals surface area contributed by atoms with Crippen molar-refractivity contribution in [3.63, 3.8) is 0 Å². The zero-order valence-corrected chi connectivity index (χ0v) is 13.1. The Balaban J connectivity index is 2.07. The number of halogens is 2. The highest BCUT2D eigenvalue weighted by molar-refractivity contribution is 6.37. The third-order valence-electron chi connectivity index (χ3n) is 3.00. The van der Waals surface area contributed by atoms with E-state index in [1.807, 2.05) is 18.2 Å². The smallest absolute Gasteiger partial charge is 0.177 e. The normalized spacial score (nSPS) is 9.96. The average Bonchev–Trinajstić information content (AvgIpc) is 3.20. The van der Waals surface area contributed by atoms with Crippen LogP contribution in [0, 0.1) is 34.0 Å². The van der Waals surface area contributed by atoms with Gasteiger partial charge in [-0.15, -0.1) is 9.90 Å². The minimum Gasteiger partial charge on any atom is -0.327 e. The molecule has 3 rings (SSSR count). The number of benzene rings is 1. The van der Waals surface area contributed by atoms with E-state index in [0.29, 0.717) is 16.9 Å². The largest absolute Gasteiger partial charge is 0.327 e. The molecule has 10 heteroatoms. The van der Waals surface area contributed by atoms with Gasteiger partial charge in [-0.25, -0.2) is 4.98 Å². The highest BCUT2D eigenvalue weighted by atomic mass is 35.5. The first-order chi connectivity index (χ1) is 11.6. The van der Waals surface area contributed by atoms with Crippen LogP contribution in [0.5, 0.6) is 0 Å². The molecule has 1 aromatic carbocycles. The van der Waals surface area contributed by atoms with Gasteiger partial charge < -0.3 is 4.98 Å². The molecule has 0 unspecified atom stereocenters. The summed E-state index contributed by atoms with van der Waals surface area (Å²) in [6.07, 6.45) is 1.38. The summed E-state index contributed by atoms with van der Waals surface area (Å²) >= 11 is 12.3. The maximum atomic E-state index is 8.94. The quantitative estimate of drug-likeness (QED) is 0.752. The molecule has 0 aliphatic heterocycles. The molecule has 0 saturated carbocycles. The number of rotatable bonds is 2. The Bertz CT molecular complexity index is 1020. The fourth-order valence-corrected chi connectivity index (χ4v) is 2.60. The molecule has 8 nitrogen and oxygen atoms in total. The van der Waals surface area contributed by atoms with Crippen molar-refractivity contribution in [1.29, 1.82) is 15.8 Å². The summed E-state index contributed by atoms with van der Waals surface area (Å²) in [5.41, 5.74) is 0.915. The van der Waals surface area contributed by atoms with Crippen molar-refractivity contribution in [3.05, 3.63) is 45.3 Å². The molecule has 0 saturated heterocycles. The number of H-pyrrole nitrogens is 1. The molecular weight excluding hydrogens is 351 g/mol. The van der Waals surface area contributed by atoms with Crippen LogP contribution in [0.1, 0.15) is 17.0 Å². The predicted molar refractivity (Wildman–Crippen MR) is 83.1 cm³/mol. The molecule has 114 valence electrons. The number of nitrogens with one attached hydrogen (secondary N) is 1. The van der Waals surface area contributed by atoms with Crippen LogP contribution in [0.15, 0.2) is 18.3 Å². The van der Waals surface area contributed by atoms with Crippen molar-refractivity contribution in [2.24, 2.45) is 0 Å². The molecule has 0 atom stereocenters. The number of aromatic nitrogens is 5. The first-order valence-electron chi connectivity index (χ1n) is 6.29. The summed E-state index contributed by atoms with van der Waals surface area (Å²) in [5, 5.41) is 35.4. The average molecular weight is 355 g/mol. The molecule has 0 fully saturated rings. The van der Waals surface area contributed by atoms with Crippen molar-refractivity contribution in [2.75, 3.05) is 0 Å². The van der Waals surface area contributed by atoms with Crippen molar-refractivity contribution < 1.29 is 0 Å². The number of hydrogen-bond acceptors (Lipinski definition) is 6. The van der Waals surface area contributed by atoms with Gasteiger partial charge in [-0.2, -0.15) is 20.9 Å². The van der Waals surface area contributed by atoms with Crippen LogP contribution in [0.25, 0.3) is 17.2 Å². The van der Waals surface area contributed by atoms with Gasteiger partial charge >= 0.3 is 0 Å². The first-order valence-corrected chi connectivity index (χ1v) is 7.05. The van der Waals surface area contributed by atoms with Gasteiger partial charge in [-0.3, -0.25) is 0 Å². The third-order valence-corrected chi connectivity index (χ3v) is 3.58. The van der Waals surface area contributed by atoms with Crippen LogP contribution in [0.4, 0.5) is 0 Å². The molecule has 3 aromatic rings. The highest BCUT2D eigenvalue weighted by Gasteiger charge is 2.17. The van der Waals surface area contributed by atoms with E-state index in [1.165, 1.54) is 23.1 Å². The van der Waals surface area contributed by atoms with Crippen LogP contribution < -0.4 is 0 Å². The van der Waals surface area contributed by atoms with Crippen LogP contribution in [-0.2, 0) is 0 Å². The van der Waals surface area contributed by atoms with Gasteiger partial charge in [0.1, 0.15) is 23.5 Å². The topological polar surface area (TPSA) is 131 Å². The molecule has 1 N–H and O–H groups in total. The lowest BCUT2D eigenvalue weighted by Crippen LogP contribution is -2.01. The number of imidazole rings is 1. The third kappa shape index (κ3) is 2.55. The highest BCUT2D eigenvalue weighted by Crippen LogP contribution is 2.29. The maximum Gasteiger partial charge on any atom is 0.177 e. The fourth-order valence-electron chi connectivity index (χ4n) is 1.96. The van der Waals surface area contributed by atoms with Gasteiger partial charge in [0, 0.05) is 0 Å². The van der Waals surface area contributed by atoms with Gasteiger partial charge in [0.2, 0.25) is 0 Å². The van der Waals surface area contributed by atoms with Crippen LogP contribution in [0.2, 0.25) is 10.0 Å². The van der Waals surface area contributed by atoms with Crippen molar-refractivity contribution >= 4 is 23.2 Å². The molecule has 24 heavy (non-hydrogen) atoms. The monoisotopic (exact) mass is 354 g/mol. The maximum absolute atomic E-state index is 8.94. The van der Waals surface area contributed by atoms with Crippen LogP contribution >= 0.6 is 23.2 Å². The lowest BCUT2D eigenvalue weighted by atomic mass is 10.2. The van der Waals surface area contributed by atoms with E-state index in [4.69, 9.17) is 39.0 Å². The number of nitriles is 3. The van der Waals surface area contributed by atoms with Gasteiger partial charge in [0.25, 0.3) is 0 Å². The van der Waals surface area contributed by atoms with Gasteiger partial charge in [-0.05, 0) is 12.1 Å². The van der Waals surface area contributed by atoms with E-state index >= 15 is 0 Å². The van der Waals surface area contributed by atoms with Gasteiger partial charge in [0.15, 0.2) is 17.2 Å². The minimum atomic E-state index is -0.0310. The minimum absolute atomic E-state index is 0.0310. The molecule has 0 aliphatic carbocycles. The van der Waals surface area contributed by atoms with E-state index in [-0.39, 0.29) is 27.3 Å². The summed E-state index contributed by atoms with van der Waals surface area (Å²) < 4.78 is 0.